The van der Waals surface area contributed by atoms with Crippen molar-refractivity contribution in [1.29, 1.82) is 0 Å². The van der Waals surface area contributed by atoms with E-state index in [0.717, 1.165) is 26.1 Å². The smallest absolute Gasteiger partial charge is 0.318 e. The molecule has 2 amide bonds. The van der Waals surface area contributed by atoms with E-state index in [4.69, 9.17) is 4.74 Å². The number of ether oxygens (including phenoxy) is 1. The van der Waals surface area contributed by atoms with E-state index in [2.05, 4.69) is 10.6 Å². The number of urea groups is 1. The van der Waals surface area contributed by atoms with Gasteiger partial charge in [0.2, 0.25) is 0 Å². The first-order valence-corrected chi connectivity index (χ1v) is 4.07. The van der Waals surface area contributed by atoms with Crippen LogP contribution in [0.25, 0.3) is 0 Å². The van der Waals surface area contributed by atoms with Crippen LogP contribution in [0.3, 0.4) is 0 Å². The highest BCUT2D eigenvalue weighted by molar-refractivity contribution is 5.74. The molecule has 1 fully saturated rings. The molecule has 0 aliphatic carbocycles. The van der Waals surface area contributed by atoms with Crippen LogP contribution in [0.1, 0.15) is 12.8 Å². The van der Waals surface area contributed by atoms with Crippen LogP contribution >= 0.6 is 0 Å². The SMILES string of the molecule is CNC(=O)NC=C1CCOCC1. The van der Waals surface area contributed by atoms with Gasteiger partial charge in [-0.1, -0.05) is 0 Å². The molecule has 0 unspecified atom stereocenters. The second-order valence-electron chi connectivity index (χ2n) is 2.64. The largest absolute Gasteiger partial charge is 0.381 e. The summed E-state index contributed by atoms with van der Waals surface area (Å²) in [7, 11) is 1.60. The second-order valence-corrected chi connectivity index (χ2v) is 2.64. The minimum Gasteiger partial charge on any atom is -0.381 e. The zero-order chi connectivity index (χ0) is 8.81. The highest BCUT2D eigenvalue weighted by atomic mass is 16.5. The predicted molar refractivity (Wildman–Crippen MR) is 45.7 cm³/mol. The molecule has 2 N–H and O–H groups in total. The number of nitrogens with one attached hydrogen (secondary N) is 2. The van der Waals surface area contributed by atoms with E-state index in [9.17, 15) is 4.79 Å². The predicted octanol–water partition coefficient (Wildman–Crippen LogP) is 0.610. The minimum absolute atomic E-state index is 0.172. The van der Waals surface area contributed by atoms with Crippen LogP contribution in [-0.4, -0.2) is 26.3 Å². The van der Waals surface area contributed by atoms with Gasteiger partial charge < -0.3 is 15.4 Å². The Morgan fingerprint density at radius 1 is 1.50 bits per heavy atom. The first-order chi connectivity index (χ1) is 5.83. The monoisotopic (exact) mass is 170 g/mol. The summed E-state index contributed by atoms with van der Waals surface area (Å²) < 4.78 is 5.16. The quantitative estimate of drug-likeness (QED) is 0.605. The van der Waals surface area contributed by atoms with Crippen LogP contribution in [0, 0.1) is 0 Å². The molecule has 0 bridgehead atoms. The number of hydrogen-bond donors (Lipinski definition) is 2. The minimum atomic E-state index is -0.172. The van der Waals surface area contributed by atoms with Gasteiger partial charge in [0.1, 0.15) is 0 Å². The summed E-state index contributed by atoms with van der Waals surface area (Å²) in [5.74, 6) is 0. The molecule has 0 aromatic carbocycles. The number of hydrogen-bond acceptors (Lipinski definition) is 2. The average Bonchev–Trinajstić information content (AvgIpc) is 2.16. The average molecular weight is 170 g/mol. The standard InChI is InChI=1S/C8H14N2O2/c1-9-8(11)10-6-7-2-4-12-5-3-7/h6H,2-5H2,1H3,(H2,9,10,11). The van der Waals surface area contributed by atoms with Gasteiger partial charge in [-0.05, 0) is 18.4 Å². The molecule has 1 saturated heterocycles. The molecule has 1 rings (SSSR count). The van der Waals surface area contributed by atoms with E-state index in [1.54, 1.807) is 13.2 Å². The van der Waals surface area contributed by atoms with Gasteiger partial charge >= 0.3 is 6.03 Å². The van der Waals surface area contributed by atoms with Crippen molar-refractivity contribution in [1.82, 2.24) is 10.6 Å². The van der Waals surface area contributed by atoms with Gasteiger partial charge in [0, 0.05) is 13.2 Å². The van der Waals surface area contributed by atoms with Crippen molar-refractivity contribution >= 4 is 6.03 Å². The lowest BCUT2D eigenvalue weighted by Gasteiger charge is -2.14. The third-order valence-corrected chi connectivity index (χ3v) is 1.77. The molecular weight excluding hydrogens is 156 g/mol. The fourth-order valence-electron chi connectivity index (χ4n) is 1.02. The Labute approximate surface area is 72.0 Å². The lowest BCUT2D eigenvalue weighted by Crippen LogP contribution is -2.29. The van der Waals surface area contributed by atoms with Crippen LogP contribution in [0.15, 0.2) is 11.8 Å². The highest BCUT2D eigenvalue weighted by Gasteiger charge is 2.04. The molecule has 1 heterocycles. The maximum atomic E-state index is 10.8. The van der Waals surface area contributed by atoms with E-state index in [1.165, 1.54) is 5.57 Å². The summed E-state index contributed by atoms with van der Waals surface area (Å²) in [6, 6.07) is -0.172. The molecule has 1 aliphatic rings. The second kappa shape index (κ2) is 4.77. The Kier molecular flexibility index (Phi) is 3.60. The maximum absolute atomic E-state index is 10.8. The van der Waals surface area contributed by atoms with Crippen LogP contribution in [0.2, 0.25) is 0 Å². The molecule has 0 aromatic heterocycles. The van der Waals surface area contributed by atoms with Crippen LogP contribution in [0.4, 0.5) is 4.79 Å². The molecule has 0 spiro atoms. The number of rotatable bonds is 1. The molecule has 1 aliphatic heterocycles. The zero-order valence-electron chi connectivity index (χ0n) is 7.22. The van der Waals surface area contributed by atoms with Crippen molar-refractivity contribution in [3.8, 4) is 0 Å². The van der Waals surface area contributed by atoms with Crippen LogP contribution < -0.4 is 10.6 Å². The van der Waals surface area contributed by atoms with Gasteiger partial charge in [-0.25, -0.2) is 4.79 Å². The van der Waals surface area contributed by atoms with Gasteiger partial charge in [0.15, 0.2) is 0 Å². The van der Waals surface area contributed by atoms with E-state index in [-0.39, 0.29) is 6.03 Å². The molecule has 4 heteroatoms. The Bertz CT molecular complexity index is 181. The molecule has 0 radical (unpaired) electrons. The van der Waals surface area contributed by atoms with Crippen molar-refractivity contribution in [3.05, 3.63) is 11.8 Å². The Morgan fingerprint density at radius 2 is 2.17 bits per heavy atom. The summed E-state index contributed by atoms with van der Waals surface area (Å²) in [4.78, 5) is 10.8. The first-order valence-electron chi connectivity index (χ1n) is 4.07. The number of carbonyl (C=O) groups excluding carboxylic acids is 1. The normalized spacial score (nSPS) is 16.9. The fourth-order valence-corrected chi connectivity index (χ4v) is 1.02. The van der Waals surface area contributed by atoms with Gasteiger partial charge in [0.05, 0.1) is 13.2 Å². The molecule has 68 valence electrons. The third kappa shape index (κ3) is 2.92. The van der Waals surface area contributed by atoms with Gasteiger partial charge in [0.25, 0.3) is 0 Å². The number of amides is 2. The van der Waals surface area contributed by atoms with E-state index in [1.807, 2.05) is 0 Å². The summed E-state index contributed by atoms with van der Waals surface area (Å²) in [5, 5.41) is 5.11. The Morgan fingerprint density at radius 3 is 2.75 bits per heavy atom. The lowest BCUT2D eigenvalue weighted by molar-refractivity contribution is 0.119. The van der Waals surface area contributed by atoms with Crippen molar-refractivity contribution in [2.24, 2.45) is 0 Å². The lowest BCUT2D eigenvalue weighted by atomic mass is 10.1. The fraction of sp³-hybridized carbons (Fsp3) is 0.625. The van der Waals surface area contributed by atoms with E-state index >= 15 is 0 Å². The molecule has 0 atom stereocenters. The molecule has 0 aromatic rings. The highest BCUT2D eigenvalue weighted by Crippen LogP contribution is 2.11. The van der Waals surface area contributed by atoms with E-state index < -0.39 is 0 Å². The van der Waals surface area contributed by atoms with E-state index in [0.29, 0.717) is 0 Å². The third-order valence-electron chi connectivity index (χ3n) is 1.77. The van der Waals surface area contributed by atoms with Crippen molar-refractivity contribution < 1.29 is 9.53 Å². The first kappa shape index (κ1) is 9.06. The number of carbonyl (C=O) groups is 1. The Balaban J connectivity index is 2.29. The Hall–Kier alpha value is -1.03. The zero-order valence-corrected chi connectivity index (χ0v) is 7.22. The van der Waals surface area contributed by atoms with Gasteiger partial charge in [-0.2, -0.15) is 0 Å². The molecular formula is C8H14N2O2. The van der Waals surface area contributed by atoms with Crippen molar-refractivity contribution in [3.63, 3.8) is 0 Å². The summed E-state index contributed by atoms with van der Waals surface area (Å²) in [6.45, 7) is 1.53. The van der Waals surface area contributed by atoms with Crippen LogP contribution in [0.5, 0.6) is 0 Å². The summed E-state index contributed by atoms with van der Waals surface area (Å²) in [6.07, 6.45) is 3.61. The maximum Gasteiger partial charge on any atom is 0.318 e. The van der Waals surface area contributed by atoms with Crippen molar-refractivity contribution in [2.75, 3.05) is 20.3 Å². The summed E-state index contributed by atoms with van der Waals surface area (Å²) in [5.41, 5.74) is 1.24. The molecule has 4 nitrogen and oxygen atoms in total. The van der Waals surface area contributed by atoms with Crippen molar-refractivity contribution in [2.45, 2.75) is 12.8 Å². The summed E-state index contributed by atoms with van der Waals surface area (Å²) >= 11 is 0. The van der Waals surface area contributed by atoms with Crippen LogP contribution in [-0.2, 0) is 4.74 Å². The molecule has 12 heavy (non-hydrogen) atoms. The van der Waals surface area contributed by atoms with Gasteiger partial charge in [-0.15, -0.1) is 0 Å². The molecule has 0 saturated carbocycles. The van der Waals surface area contributed by atoms with Gasteiger partial charge in [-0.3, -0.25) is 0 Å². The topological polar surface area (TPSA) is 50.4 Å².